The van der Waals surface area contributed by atoms with Crippen molar-refractivity contribution in [3.8, 4) is 0 Å². The van der Waals surface area contributed by atoms with Crippen LogP contribution in [0.25, 0.3) is 0 Å². The summed E-state index contributed by atoms with van der Waals surface area (Å²) >= 11 is 0. The van der Waals surface area contributed by atoms with E-state index in [1.165, 1.54) is 18.7 Å². The zero-order valence-electron chi connectivity index (χ0n) is 15.4. The number of hydrogen-bond donors (Lipinski definition) is 2. The molecule has 0 radical (unpaired) electrons. The van der Waals surface area contributed by atoms with E-state index in [1.807, 2.05) is 0 Å². The molecule has 3 saturated heterocycles. The first-order valence-corrected chi connectivity index (χ1v) is 9.89. The monoisotopic (exact) mass is 412 g/mol. The fourth-order valence-corrected chi connectivity index (χ4v) is 6.36. The Hall–Kier alpha value is -0.720. The van der Waals surface area contributed by atoms with Crippen LogP contribution in [-0.4, -0.2) is 87.7 Å². The number of carboxylic acids is 1. The molecule has 0 saturated carbocycles. The van der Waals surface area contributed by atoms with Gasteiger partial charge in [-0.05, 0) is 26.7 Å². The van der Waals surface area contributed by atoms with Crippen LogP contribution in [0.5, 0.6) is 0 Å². The largest absolute Gasteiger partial charge is 1.00 e. The molecule has 3 heterocycles. The van der Waals surface area contributed by atoms with Crippen molar-refractivity contribution in [2.75, 3.05) is 13.1 Å². The van der Waals surface area contributed by atoms with Gasteiger partial charge in [-0.3, -0.25) is 9.59 Å². The van der Waals surface area contributed by atoms with Gasteiger partial charge in [-0.25, -0.2) is 8.42 Å². The van der Waals surface area contributed by atoms with Crippen molar-refractivity contribution in [2.24, 2.45) is 5.92 Å². The van der Waals surface area contributed by atoms with Crippen molar-refractivity contribution in [2.45, 2.75) is 55.1 Å². The molecule has 3 fully saturated rings. The van der Waals surface area contributed by atoms with E-state index in [-0.39, 0.29) is 42.6 Å². The summed E-state index contributed by atoms with van der Waals surface area (Å²) < 4.78 is 23.7. The van der Waals surface area contributed by atoms with Crippen LogP contribution in [0.1, 0.15) is 26.7 Å². The van der Waals surface area contributed by atoms with Crippen molar-refractivity contribution < 1.29 is 67.7 Å². The second-order valence-corrected chi connectivity index (χ2v) is 10.2. The number of carboxylic acid groups (broad SMARTS) is 1. The van der Waals surface area contributed by atoms with Crippen molar-refractivity contribution in [3.63, 3.8) is 0 Å². The Morgan fingerprint density at radius 2 is 1.78 bits per heavy atom. The van der Waals surface area contributed by atoms with E-state index in [1.54, 1.807) is 0 Å². The molecule has 12 heteroatoms. The van der Waals surface area contributed by atoms with Gasteiger partial charge in [-0.1, -0.05) is 0 Å². The van der Waals surface area contributed by atoms with Crippen molar-refractivity contribution in [1.82, 2.24) is 9.80 Å². The zero-order valence-corrected chi connectivity index (χ0v) is 18.2. The molecule has 2 amide bonds. The summed E-state index contributed by atoms with van der Waals surface area (Å²) in [6.07, 6.45) is -1.78. The van der Waals surface area contributed by atoms with Crippen LogP contribution in [0.2, 0.25) is 0 Å². The van der Waals surface area contributed by atoms with E-state index < -0.39 is 61.9 Å². The number of rotatable bonds is 3. The zero-order chi connectivity index (χ0) is 19.6. The molecule has 27 heavy (non-hydrogen) atoms. The molecule has 0 aliphatic carbocycles. The maximum atomic E-state index is 12.7. The third-order valence-electron chi connectivity index (χ3n) is 5.70. The van der Waals surface area contributed by atoms with Crippen molar-refractivity contribution in [3.05, 3.63) is 0 Å². The smallest absolute Gasteiger partial charge is 0.548 e. The Morgan fingerprint density at radius 1 is 1.26 bits per heavy atom. The maximum absolute atomic E-state index is 12.7. The van der Waals surface area contributed by atoms with Gasteiger partial charge in [0.2, 0.25) is 5.91 Å². The molecular formula is C15H21N2NaO8S. The van der Waals surface area contributed by atoms with Crippen molar-refractivity contribution in [1.29, 1.82) is 0 Å². The number of carbonyl (C=O) groups excluding carboxylic acids is 3. The first-order valence-electron chi connectivity index (χ1n) is 8.34. The number of β-lactam (4-membered cyclic amide) rings is 1. The minimum absolute atomic E-state index is 0. The van der Waals surface area contributed by atoms with E-state index in [4.69, 9.17) is 0 Å². The fourth-order valence-electron chi connectivity index (χ4n) is 4.04. The number of likely N-dealkylation sites (tertiary alicyclic amines) is 1. The molecule has 0 unspecified atom stereocenters. The summed E-state index contributed by atoms with van der Waals surface area (Å²) in [6, 6.07) is -1.67. The Kier molecular flexibility index (Phi) is 6.08. The number of carbonyl (C=O) groups is 3. The first kappa shape index (κ1) is 22.6. The Bertz CT molecular complexity index is 762. The van der Waals surface area contributed by atoms with Crippen LogP contribution < -0.4 is 34.7 Å². The van der Waals surface area contributed by atoms with Gasteiger partial charge in [-0.15, -0.1) is 0 Å². The molecule has 10 nitrogen and oxygen atoms in total. The van der Waals surface area contributed by atoms with Crippen LogP contribution in [0.15, 0.2) is 0 Å². The van der Waals surface area contributed by atoms with E-state index >= 15 is 0 Å². The van der Waals surface area contributed by atoms with Gasteiger partial charge in [0.25, 0.3) is 5.91 Å². The summed E-state index contributed by atoms with van der Waals surface area (Å²) in [5, 5.41) is 29.7. The standard InChI is InChI=1S/C15H22N2O8S.Na/c1-15(2)10(14(22)23)17-11(20)8(13(17)26(15,24)25)9(19)12(21)16-5-3-7(18)4-6-16;/h7-10,13,18-19H,3-6H2,1-2H3,(H,22,23);/q;+1/p-1/t8-,9+,10+,13-;/m1./s1. The van der Waals surface area contributed by atoms with Gasteiger partial charge in [0.1, 0.15) is 17.4 Å². The first-order chi connectivity index (χ1) is 11.9. The number of aliphatic hydroxyl groups excluding tert-OH is 2. The van der Waals surface area contributed by atoms with Gasteiger partial charge in [0, 0.05) is 13.1 Å². The summed E-state index contributed by atoms with van der Waals surface area (Å²) in [4.78, 5) is 38.2. The molecule has 4 atom stereocenters. The summed E-state index contributed by atoms with van der Waals surface area (Å²) in [6.45, 7) is 2.75. The predicted octanol–water partition coefficient (Wildman–Crippen LogP) is -6.56. The van der Waals surface area contributed by atoms with E-state index in [2.05, 4.69) is 0 Å². The molecule has 0 spiro atoms. The molecule has 0 aromatic carbocycles. The number of nitrogens with zero attached hydrogens (tertiary/aromatic N) is 2. The normalized spacial score (nSPS) is 32.9. The number of amides is 2. The minimum Gasteiger partial charge on any atom is -0.548 e. The summed E-state index contributed by atoms with van der Waals surface area (Å²) in [7, 11) is -4.15. The van der Waals surface area contributed by atoms with Crippen LogP contribution in [0, 0.1) is 5.92 Å². The molecule has 3 aliphatic heterocycles. The molecule has 0 aromatic rings. The van der Waals surface area contributed by atoms with E-state index in [0.717, 1.165) is 0 Å². The number of fused-ring (bicyclic) bond motifs is 1. The Balaban J connectivity index is 0.00000261. The molecule has 3 aliphatic rings. The van der Waals surface area contributed by atoms with Crippen LogP contribution in [0.3, 0.4) is 0 Å². The van der Waals surface area contributed by atoms with Gasteiger partial charge < -0.3 is 29.9 Å². The number of aliphatic carboxylic acids is 1. The van der Waals surface area contributed by atoms with E-state index in [9.17, 15) is 38.1 Å². The van der Waals surface area contributed by atoms with Crippen LogP contribution in [0.4, 0.5) is 0 Å². The van der Waals surface area contributed by atoms with Crippen LogP contribution in [-0.2, 0) is 24.2 Å². The molecule has 0 aromatic heterocycles. The molecule has 0 bridgehead atoms. The fraction of sp³-hybridized carbons (Fsp3) is 0.800. The number of aliphatic hydroxyl groups is 2. The Morgan fingerprint density at radius 3 is 2.26 bits per heavy atom. The third-order valence-corrected chi connectivity index (χ3v) is 8.55. The Labute approximate surface area is 178 Å². The molecule has 3 rings (SSSR count). The summed E-state index contributed by atoms with van der Waals surface area (Å²) in [5.41, 5.74) is 0. The predicted molar refractivity (Wildman–Crippen MR) is 83.7 cm³/mol. The van der Waals surface area contributed by atoms with Gasteiger partial charge in [0.15, 0.2) is 9.84 Å². The minimum atomic E-state index is -4.15. The molecule has 2 N–H and O–H groups in total. The molecule has 146 valence electrons. The average molecular weight is 412 g/mol. The van der Waals surface area contributed by atoms with Crippen molar-refractivity contribution >= 4 is 27.6 Å². The van der Waals surface area contributed by atoms with Crippen LogP contribution >= 0.6 is 0 Å². The average Bonchev–Trinajstić information content (AvgIpc) is 2.69. The maximum Gasteiger partial charge on any atom is 1.00 e. The number of piperidine rings is 1. The third kappa shape index (κ3) is 3.12. The van der Waals surface area contributed by atoms with Gasteiger partial charge in [-0.2, -0.15) is 0 Å². The molecular weight excluding hydrogens is 391 g/mol. The van der Waals surface area contributed by atoms with E-state index in [0.29, 0.717) is 17.7 Å². The second kappa shape index (κ2) is 7.27. The number of sulfone groups is 1. The SMILES string of the molecule is CC1(C)[C@H](C(=O)[O-])N2C(=O)[C@@H]([C@H](O)C(=O)N3CCC(O)CC3)[C@H]2S1(=O)=O.[Na+]. The van der Waals surface area contributed by atoms with Gasteiger partial charge in [0.05, 0.1) is 22.9 Å². The second-order valence-electron chi connectivity index (χ2n) is 7.53. The number of hydrogen-bond acceptors (Lipinski definition) is 8. The summed E-state index contributed by atoms with van der Waals surface area (Å²) in [5.74, 6) is -4.92. The van der Waals surface area contributed by atoms with Gasteiger partial charge >= 0.3 is 29.6 Å². The topological polar surface area (TPSA) is 155 Å². The quantitative estimate of drug-likeness (QED) is 0.342.